The van der Waals surface area contributed by atoms with Crippen LogP contribution in [0.15, 0.2) is 34.9 Å². The first-order valence-electron chi connectivity index (χ1n) is 7.05. The monoisotopic (exact) mass is 344 g/mol. The number of carbonyl (C=O) groups excluding carboxylic acids is 1. The lowest BCUT2D eigenvalue weighted by Crippen LogP contribution is -2.28. The summed E-state index contributed by atoms with van der Waals surface area (Å²) >= 11 is 3.43. The average molecular weight is 345 g/mol. The van der Waals surface area contributed by atoms with E-state index in [9.17, 15) is 4.79 Å². The Balaban J connectivity index is 1.89. The minimum atomic E-state index is -0.00663. The molecule has 108 valence electrons. The number of rotatable bonds is 2. The van der Waals surface area contributed by atoms with Crippen LogP contribution in [0.2, 0.25) is 0 Å². The first-order valence-corrected chi connectivity index (χ1v) is 7.85. The van der Waals surface area contributed by atoms with Crippen LogP contribution in [0.4, 0.5) is 0 Å². The van der Waals surface area contributed by atoms with Gasteiger partial charge in [-0.25, -0.2) is 9.97 Å². The van der Waals surface area contributed by atoms with Gasteiger partial charge in [0.15, 0.2) is 5.78 Å². The largest absolute Gasteiger partial charge is 0.294 e. The molecule has 0 saturated heterocycles. The number of nitrogens with zero attached hydrogens (tertiary/aromatic N) is 2. The van der Waals surface area contributed by atoms with Gasteiger partial charge in [0, 0.05) is 23.5 Å². The second-order valence-corrected chi connectivity index (χ2v) is 7.31. The first kappa shape index (κ1) is 14.4. The third-order valence-corrected chi connectivity index (χ3v) is 4.31. The van der Waals surface area contributed by atoms with E-state index in [-0.39, 0.29) is 11.2 Å². The maximum atomic E-state index is 12.1. The van der Waals surface area contributed by atoms with Crippen LogP contribution in [0.3, 0.4) is 0 Å². The lowest BCUT2D eigenvalue weighted by Gasteiger charge is -2.29. The van der Waals surface area contributed by atoms with Crippen LogP contribution < -0.4 is 0 Å². The van der Waals surface area contributed by atoms with Crippen LogP contribution in [-0.4, -0.2) is 15.8 Å². The minimum absolute atomic E-state index is 0.00663. The van der Waals surface area contributed by atoms with Gasteiger partial charge in [0.2, 0.25) is 0 Å². The molecule has 1 aromatic carbocycles. The molecule has 1 aromatic heterocycles. The van der Waals surface area contributed by atoms with E-state index in [0.29, 0.717) is 18.4 Å². The number of carbonyl (C=O) groups is 1. The van der Waals surface area contributed by atoms with E-state index in [1.807, 2.05) is 12.1 Å². The molecule has 0 spiro atoms. The van der Waals surface area contributed by atoms with Crippen molar-refractivity contribution in [2.75, 3.05) is 0 Å². The van der Waals surface area contributed by atoms with Gasteiger partial charge in [-0.15, -0.1) is 0 Å². The number of ketones is 1. The van der Waals surface area contributed by atoms with Crippen molar-refractivity contribution in [3.63, 3.8) is 0 Å². The van der Waals surface area contributed by atoms with Crippen molar-refractivity contribution in [1.82, 2.24) is 9.97 Å². The highest BCUT2D eigenvalue weighted by Crippen LogP contribution is 2.33. The van der Waals surface area contributed by atoms with E-state index in [2.05, 4.69) is 51.9 Å². The fraction of sp³-hybridized carbons (Fsp3) is 0.353. The number of Topliss-reactive ketones (excluding diaryl/α,β-unsaturated/α-hetero) is 1. The quantitative estimate of drug-likeness (QED) is 0.827. The second-order valence-electron chi connectivity index (χ2n) is 6.39. The number of hydrogen-bond acceptors (Lipinski definition) is 3. The molecule has 0 fully saturated rings. The Bertz CT molecular complexity index is 692. The normalized spacial score (nSPS) is 16.6. The zero-order valence-corrected chi connectivity index (χ0v) is 13.8. The molecule has 1 aliphatic carbocycles. The van der Waals surface area contributed by atoms with Crippen LogP contribution in [0, 0.1) is 5.41 Å². The third-order valence-electron chi connectivity index (χ3n) is 3.78. The van der Waals surface area contributed by atoms with Gasteiger partial charge in [0.25, 0.3) is 0 Å². The molecule has 0 saturated carbocycles. The lowest BCUT2D eigenvalue weighted by atomic mass is 9.76. The van der Waals surface area contributed by atoms with E-state index >= 15 is 0 Å². The highest BCUT2D eigenvalue weighted by Gasteiger charge is 2.32. The summed E-state index contributed by atoms with van der Waals surface area (Å²) in [5, 5.41) is 0. The summed E-state index contributed by atoms with van der Waals surface area (Å²) in [6, 6.07) is 8.14. The smallest absolute Gasteiger partial charge is 0.166 e. The van der Waals surface area contributed by atoms with Gasteiger partial charge in [-0.3, -0.25) is 4.79 Å². The van der Waals surface area contributed by atoms with Crippen molar-refractivity contribution in [2.45, 2.75) is 33.1 Å². The van der Waals surface area contributed by atoms with Gasteiger partial charge < -0.3 is 0 Å². The molecule has 0 aliphatic heterocycles. The summed E-state index contributed by atoms with van der Waals surface area (Å²) in [6.45, 7) is 4.23. The fourth-order valence-electron chi connectivity index (χ4n) is 2.74. The van der Waals surface area contributed by atoms with Crippen LogP contribution >= 0.6 is 15.9 Å². The average Bonchev–Trinajstić information content (AvgIpc) is 2.39. The molecule has 0 bridgehead atoms. The molecule has 0 radical (unpaired) electrons. The molecular formula is C17H17BrN2O. The highest BCUT2D eigenvalue weighted by atomic mass is 79.9. The molecule has 2 aromatic rings. The van der Waals surface area contributed by atoms with Crippen molar-refractivity contribution >= 4 is 21.7 Å². The maximum Gasteiger partial charge on any atom is 0.166 e. The van der Waals surface area contributed by atoms with Crippen LogP contribution in [0.25, 0.3) is 0 Å². The standard InChI is InChI=1S/C17H17BrN2O/c1-17(2)8-14-13(15(21)9-17)10-19-16(20-14)7-11-3-5-12(18)6-4-11/h3-6,10H,7-9H2,1-2H3. The summed E-state index contributed by atoms with van der Waals surface area (Å²) in [5.41, 5.74) is 2.76. The molecule has 4 heteroatoms. The van der Waals surface area contributed by atoms with Gasteiger partial charge in [-0.1, -0.05) is 41.9 Å². The molecule has 0 atom stereocenters. The minimum Gasteiger partial charge on any atom is -0.294 e. The number of aromatic nitrogens is 2. The summed E-state index contributed by atoms with van der Waals surface area (Å²) in [4.78, 5) is 21.1. The topological polar surface area (TPSA) is 42.9 Å². The zero-order valence-electron chi connectivity index (χ0n) is 12.2. The van der Waals surface area contributed by atoms with Crippen LogP contribution in [-0.2, 0) is 12.8 Å². The summed E-state index contributed by atoms with van der Waals surface area (Å²) in [5.74, 6) is 0.943. The molecule has 0 amide bonds. The highest BCUT2D eigenvalue weighted by molar-refractivity contribution is 9.10. The second kappa shape index (κ2) is 5.34. The Morgan fingerprint density at radius 2 is 1.90 bits per heavy atom. The summed E-state index contributed by atoms with van der Waals surface area (Å²) in [7, 11) is 0. The number of benzene rings is 1. The molecule has 1 aliphatic rings. The Morgan fingerprint density at radius 3 is 2.62 bits per heavy atom. The van der Waals surface area contributed by atoms with Gasteiger partial charge in [-0.05, 0) is 29.5 Å². The molecule has 0 unspecified atom stereocenters. The Morgan fingerprint density at radius 1 is 1.19 bits per heavy atom. The van der Waals surface area contributed by atoms with Crippen molar-refractivity contribution < 1.29 is 4.79 Å². The lowest BCUT2D eigenvalue weighted by molar-refractivity contribution is 0.0909. The van der Waals surface area contributed by atoms with Gasteiger partial charge in [-0.2, -0.15) is 0 Å². The van der Waals surface area contributed by atoms with E-state index in [4.69, 9.17) is 0 Å². The van der Waals surface area contributed by atoms with Crippen LogP contribution in [0.1, 0.15) is 47.7 Å². The van der Waals surface area contributed by atoms with E-state index < -0.39 is 0 Å². The molecule has 3 rings (SSSR count). The van der Waals surface area contributed by atoms with E-state index in [1.165, 1.54) is 5.56 Å². The summed E-state index contributed by atoms with van der Waals surface area (Å²) < 4.78 is 1.06. The molecule has 21 heavy (non-hydrogen) atoms. The predicted octanol–water partition coefficient (Wildman–Crippen LogP) is 3.99. The van der Waals surface area contributed by atoms with Gasteiger partial charge in [0.05, 0.1) is 11.3 Å². The molecule has 0 N–H and O–H groups in total. The molecule has 3 nitrogen and oxygen atoms in total. The predicted molar refractivity (Wildman–Crippen MR) is 85.4 cm³/mol. The van der Waals surface area contributed by atoms with Gasteiger partial charge >= 0.3 is 0 Å². The van der Waals surface area contributed by atoms with E-state index in [0.717, 1.165) is 22.4 Å². The Labute approximate surface area is 133 Å². The van der Waals surface area contributed by atoms with Crippen molar-refractivity contribution in [1.29, 1.82) is 0 Å². The Kier molecular flexibility index (Phi) is 3.66. The van der Waals surface area contributed by atoms with E-state index in [1.54, 1.807) is 6.20 Å². The van der Waals surface area contributed by atoms with Crippen LogP contribution in [0.5, 0.6) is 0 Å². The maximum absolute atomic E-state index is 12.1. The number of fused-ring (bicyclic) bond motifs is 1. The zero-order chi connectivity index (χ0) is 15.0. The number of halogens is 1. The fourth-order valence-corrected chi connectivity index (χ4v) is 3.01. The Hall–Kier alpha value is -1.55. The molecular weight excluding hydrogens is 328 g/mol. The first-order chi connectivity index (χ1) is 9.93. The summed E-state index contributed by atoms with van der Waals surface area (Å²) in [6.07, 6.45) is 3.81. The van der Waals surface area contributed by atoms with Crippen molar-refractivity contribution in [3.05, 3.63) is 57.6 Å². The van der Waals surface area contributed by atoms with Crippen molar-refractivity contribution in [2.24, 2.45) is 5.41 Å². The van der Waals surface area contributed by atoms with Gasteiger partial charge in [0.1, 0.15) is 5.82 Å². The number of hydrogen-bond donors (Lipinski definition) is 0. The SMILES string of the molecule is CC1(C)CC(=O)c2cnc(Cc3ccc(Br)cc3)nc2C1. The molecule has 1 heterocycles. The third kappa shape index (κ3) is 3.21. The van der Waals surface area contributed by atoms with Crippen molar-refractivity contribution in [3.8, 4) is 0 Å².